The van der Waals surface area contributed by atoms with Crippen LogP contribution in [0.25, 0.3) is 10.9 Å². The maximum absolute atomic E-state index is 15.3. The van der Waals surface area contributed by atoms with Crippen molar-refractivity contribution in [2.24, 2.45) is 22.9 Å². The van der Waals surface area contributed by atoms with Crippen LogP contribution in [0.15, 0.2) is 73.3 Å². The molecule has 0 bridgehead atoms. The van der Waals surface area contributed by atoms with E-state index in [1.54, 1.807) is 55.6 Å². The summed E-state index contributed by atoms with van der Waals surface area (Å²) in [5.74, 6) is -13.2. The van der Waals surface area contributed by atoms with E-state index in [-0.39, 0.29) is 141 Å². The Morgan fingerprint density at radius 3 is 1.80 bits per heavy atom. The lowest BCUT2D eigenvalue weighted by atomic mass is 10.0. The Kier molecular flexibility index (Phi) is 54.3. The number of primary amides is 2. The van der Waals surface area contributed by atoms with E-state index in [0.717, 1.165) is 53.7 Å². The number of carbonyl (C=O) groups is 16. The number of nitrogens with one attached hydrogen (secondary N) is 18. The molecule has 790 valence electrons. The highest BCUT2D eigenvalue weighted by molar-refractivity contribution is 6.00. The topological polar surface area (TPSA) is 749 Å². The van der Waals surface area contributed by atoms with E-state index in [1.165, 1.54) is 70.3 Å². The molecule has 0 aliphatic carbocycles. The van der Waals surface area contributed by atoms with Crippen molar-refractivity contribution in [3.63, 3.8) is 0 Å². The number of guanidine groups is 1. The maximum Gasteiger partial charge on any atom is 0.246 e. The fraction of sp³-hybridized carbons (Fsp3) is 0.628. The van der Waals surface area contributed by atoms with Crippen LogP contribution in [-0.4, -0.2) is 322 Å². The molecule has 5 aromatic rings. The molecule has 49 nitrogen and oxygen atoms in total. The fourth-order valence-corrected chi connectivity index (χ4v) is 16.1. The monoisotopic (exact) mass is 2010 g/mol. The molecule has 7 rings (SSSR count). The smallest absolute Gasteiger partial charge is 0.246 e. The van der Waals surface area contributed by atoms with Crippen molar-refractivity contribution in [3.8, 4) is 0 Å². The van der Waals surface area contributed by atoms with Crippen LogP contribution >= 0.6 is 0 Å². The number of aryl methyl sites for hydroxylation is 1. The number of hydrogen-bond donors (Lipinski definition) is 24. The summed E-state index contributed by atoms with van der Waals surface area (Å²) < 4.78 is 21.7. The predicted molar refractivity (Wildman–Crippen MR) is 520 cm³/mol. The predicted octanol–water partition coefficient (Wildman–Crippen LogP) is -3.52. The lowest BCUT2D eigenvalue weighted by molar-refractivity contribution is -0.143. The molecule has 49 heteroatoms. The number of H-pyrrole nitrogens is 3. The number of amides is 16. The van der Waals surface area contributed by atoms with Crippen LogP contribution < -0.4 is 97.4 Å². The summed E-state index contributed by atoms with van der Waals surface area (Å²) in [7, 11) is 0. The lowest BCUT2D eigenvalue weighted by Crippen LogP contribution is -2.62. The van der Waals surface area contributed by atoms with Crippen LogP contribution in [0.5, 0.6) is 0 Å². The van der Waals surface area contributed by atoms with E-state index in [9.17, 15) is 72.5 Å². The molecule has 0 radical (unpaired) electrons. The molecule has 2 aliphatic heterocycles. The summed E-state index contributed by atoms with van der Waals surface area (Å²) in [5, 5.41) is 80.8. The van der Waals surface area contributed by atoms with E-state index in [1.807, 2.05) is 12.1 Å². The van der Waals surface area contributed by atoms with Gasteiger partial charge in [0.05, 0.1) is 64.4 Å². The van der Waals surface area contributed by atoms with Gasteiger partial charge in [-0.3, -0.25) is 82.1 Å². The number of aliphatic hydroxyl groups excluding tert-OH is 2. The number of carbonyl (C=O) groups excluding carboxylic acids is 16. The zero-order valence-electron chi connectivity index (χ0n) is 81.5. The highest BCUT2D eigenvalue weighted by atomic mass is 16.5. The van der Waals surface area contributed by atoms with Gasteiger partial charge in [0, 0.05) is 114 Å². The third kappa shape index (κ3) is 45.3. The molecule has 2 aromatic carbocycles. The fourth-order valence-electron chi connectivity index (χ4n) is 16.1. The Balaban J connectivity index is 0.901. The molecule has 3 aromatic heterocycles. The third-order valence-electron chi connectivity index (χ3n) is 24.0. The first kappa shape index (κ1) is 117. The van der Waals surface area contributed by atoms with Gasteiger partial charge in [-0.1, -0.05) is 139 Å². The van der Waals surface area contributed by atoms with Gasteiger partial charge >= 0.3 is 0 Å². The zero-order valence-corrected chi connectivity index (χ0v) is 81.5. The number of imidazole rings is 1. The summed E-state index contributed by atoms with van der Waals surface area (Å²) >= 11 is 0. The van der Waals surface area contributed by atoms with Crippen LogP contribution in [0, 0.1) is 5.41 Å². The van der Waals surface area contributed by atoms with Crippen LogP contribution in [0.4, 0.5) is 0 Å². The van der Waals surface area contributed by atoms with Crippen LogP contribution in [-0.2, 0) is 121 Å². The van der Waals surface area contributed by atoms with Crippen LogP contribution in [0.1, 0.15) is 203 Å². The lowest BCUT2D eigenvalue weighted by Gasteiger charge is -2.31. The molecular weight excluding hydrogens is 1860 g/mol. The third-order valence-corrected chi connectivity index (χ3v) is 24.0. The largest absolute Gasteiger partial charge is 0.394 e. The summed E-state index contributed by atoms with van der Waals surface area (Å²) in [6.07, 6.45) is 17.3. The first-order valence-electron chi connectivity index (χ1n) is 49.4. The Bertz CT molecular complexity index is 4790. The minimum absolute atomic E-state index is 0.0149. The number of aliphatic hydroxyl groups is 2. The van der Waals surface area contributed by atoms with Gasteiger partial charge in [-0.15, -0.1) is 5.10 Å². The molecule has 2 aliphatic rings. The number of hydrogen-bond acceptors (Lipinski definition) is 28. The highest BCUT2D eigenvalue weighted by Crippen LogP contribution is 2.24. The molecule has 143 heavy (non-hydrogen) atoms. The molecule has 12 atom stereocenters. The zero-order chi connectivity index (χ0) is 103. The van der Waals surface area contributed by atoms with Crippen molar-refractivity contribution in [2.75, 3.05) is 98.7 Å². The SMILES string of the molecule is CCCC[C@H](NC(=O)[C@H](CN)NC(=O)[C@H](Cc1c[nH]cn1)NC(=O)[C@H](CCC(N)=O)NC(=O)[C@H](CO)NC(=O)COCCOCCNC(=O)COCCOCCNC(=O)CCCCCCCCCCCCCCCc1nnn[nH]1)C(=O)N[C@H]1CCC(=O)NCCCC[C@@H](C(N)=O)NC(=O)[C@H](Cc2c[nH]c3ccccc23)NC(=O)[C@H](CCCNC(=N)N)NC(=O)[C@@H](Cc2ccccc2)NC(=O)[C@@H]2C[C@@H](O)CN2C1=O. The van der Waals surface area contributed by atoms with Gasteiger partial charge in [-0.2, -0.15) is 0 Å². The maximum atomic E-state index is 15.3. The van der Waals surface area contributed by atoms with Gasteiger partial charge in [0.15, 0.2) is 5.96 Å². The van der Waals surface area contributed by atoms with E-state index in [2.05, 4.69) is 110 Å². The summed E-state index contributed by atoms with van der Waals surface area (Å²) in [4.78, 5) is 235. The Hall–Kier alpha value is -13.2. The first-order chi connectivity index (χ1) is 69.0. The average Bonchev–Trinajstić information content (AvgIpc) is 1.68. The number of para-hydroxylation sites is 1. The number of rotatable bonds is 62. The van der Waals surface area contributed by atoms with Gasteiger partial charge < -0.3 is 141 Å². The summed E-state index contributed by atoms with van der Waals surface area (Å²) in [5.41, 5.74) is 25.2. The molecule has 5 heterocycles. The number of aromatic nitrogens is 7. The molecule has 0 unspecified atom stereocenters. The second-order valence-corrected chi connectivity index (χ2v) is 35.4. The molecule has 2 fully saturated rings. The van der Waals surface area contributed by atoms with Gasteiger partial charge in [-0.25, -0.2) is 10.1 Å². The molecule has 0 saturated carbocycles. The van der Waals surface area contributed by atoms with Crippen LogP contribution in [0.3, 0.4) is 0 Å². The van der Waals surface area contributed by atoms with Crippen molar-refractivity contribution >= 4 is 111 Å². The quantitative estimate of drug-likeness (QED) is 0.0102. The number of benzene rings is 2. The van der Waals surface area contributed by atoms with E-state index in [0.29, 0.717) is 30.5 Å². The summed E-state index contributed by atoms with van der Waals surface area (Å²) in [6, 6.07) is -1.66. The number of fused-ring (bicyclic) bond motifs is 2. The molecule has 0 spiro atoms. The normalized spacial score (nSPS) is 18.4. The first-order valence-corrected chi connectivity index (χ1v) is 49.4. The minimum Gasteiger partial charge on any atom is -0.394 e. The number of unbranched alkanes of at least 4 members (excludes halogenated alkanes) is 13. The minimum atomic E-state index is -1.71. The van der Waals surface area contributed by atoms with E-state index < -0.39 is 226 Å². The standard InChI is InChI=1S/C94H147N27O22/c1-2-3-28-67(84(130)112-70-35-37-80(126)101-38-23-22-30-66(83(97)129)108-88(134)72(49-61-53-105-65-29-21-20-27-64(61)65)113-85(131)68(31-24-39-104-94(98)99)109-87(133)71(48-60-25-16-15-17-26-60)115-92(138)76-51-63(123)55-121(76)93(70)139)110-90(136)74(52-95)116-89(135)73(50-62-54-100-59-106-62)114-86(132)69(34-36-77(96)124)111-91(137)75(56-122)107-82(128)58-143-47-45-141-43-41-103-81(127)57-142-46-44-140-42-40-102-79(125)33-19-14-12-10-8-6-4-5-7-9-11-13-18-32-78-117-119-120-118-78/h15-17,20-21,25-27,29,53-54,59,63,66-76,105,122-123H,2-14,18-19,22-24,28,30-52,55-58,95H2,1H3,(H2,96,124)(H2,97,129)(H,100,106)(H,101,126)(H,102,125)(H,103,127)(H,107,128)(H,108,134)(H,109,133)(H,110,136)(H,111,137)(H,112,130)(H,113,131)(H,114,132)(H,115,138)(H,116,135)(H4,98,99,104)(H,117,118,119,120)/t63-,66+,67+,68+,69+,70+,71-,72+,73+,74+,75+,76+/m1/s1. The Morgan fingerprint density at radius 1 is 0.573 bits per heavy atom. The van der Waals surface area contributed by atoms with Crippen molar-refractivity contribution in [1.82, 2.24) is 115 Å². The molecule has 28 N–H and O–H groups in total. The second kappa shape index (κ2) is 66.5. The highest BCUT2D eigenvalue weighted by Gasteiger charge is 2.44. The van der Waals surface area contributed by atoms with Crippen molar-refractivity contribution in [2.45, 2.75) is 279 Å². The van der Waals surface area contributed by atoms with E-state index in [4.69, 9.17) is 47.3 Å². The molecule has 2 saturated heterocycles. The van der Waals surface area contributed by atoms with Gasteiger partial charge in [-0.05, 0) is 91.8 Å². The van der Waals surface area contributed by atoms with Crippen molar-refractivity contribution in [3.05, 3.63) is 96.0 Å². The number of tetrazole rings is 1. The van der Waals surface area contributed by atoms with Gasteiger partial charge in [0.1, 0.15) is 85.5 Å². The van der Waals surface area contributed by atoms with Crippen molar-refractivity contribution in [1.29, 1.82) is 5.41 Å². The molecular formula is C94H147N27O22. The number of aromatic amines is 3. The van der Waals surface area contributed by atoms with Gasteiger partial charge in [0.25, 0.3) is 0 Å². The average molecular weight is 2010 g/mol. The number of nitrogens with zero attached hydrogens (tertiary/aromatic N) is 5. The number of ether oxygens (including phenoxy) is 4. The van der Waals surface area contributed by atoms with Crippen molar-refractivity contribution < 1.29 is 106 Å². The second-order valence-electron chi connectivity index (χ2n) is 35.4. The van der Waals surface area contributed by atoms with E-state index >= 15 is 14.4 Å². The molecule has 16 amide bonds. The summed E-state index contributed by atoms with van der Waals surface area (Å²) in [6.45, 7) is -0.196. The number of nitrogens with two attached hydrogens (primary N) is 4. The van der Waals surface area contributed by atoms with Gasteiger partial charge in [0.2, 0.25) is 94.5 Å². The van der Waals surface area contributed by atoms with Crippen LogP contribution in [0.2, 0.25) is 0 Å². The Labute approximate surface area is 830 Å². The Morgan fingerprint density at radius 2 is 1.16 bits per heavy atom.